The van der Waals surface area contributed by atoms with Gasteiger partial charge in [-0.05, 0) is 34.4 Å². The Hall–Kier alpha value is -1.89. The highest BCUT2D eigenvalue weighted by atomic mass is 19.1. The Morgan fingerprint density at radius 1 is 0.706 bits per heavy atom. The Bertz CT molecular complexity index is 640. The van der Waals surface area contributed by atoms with E-state index in [1.807, 2.05) is 6.07 Å². The summed E-state index contributed by atoms with van der Waals surface area (Å²) in [6.45, 7) is 0. The van der Waals surface area contributed by atoms with Gasteiger partial charge in [0.15, 0.2) is 0 Å². The van der Waals surface area contributed by atoms with Gasteiger partial charge in [0.1, 0.15) is 5.82 Å². The number of allylic oxidation sites excluding steroid dienone is 2. The largest absolute Gasteiger partial charge is 0.207 e. The Morgan fingerprint density at radius 3 is 2.00 bits per heavy atom. The van der Waals surface area contributed by atoms with Crippen LogP contribution in [0.25, 0.3) is 0 Å². The molecule has 17 heavy (non-hydrogen) atoms. The maximum absolute atomic E-state index is 13.4. The summed E-state index contributed by atoms with van der Waals surface area (Å²) in [5.41, 5.74) is 5.10. The number of hydrogen-bond donors (Lipinski definition) is 0. The molecule has 0 saturated carbocycles. The first-order valence-corrected chi connectivity index (χ1v) is 5.91. The predicted octanol–water partition coefficient (Wildman–Crippen LogP) is 3.97. The van der Waals surface area contributed by atoms with Crippen molar-refractivity contribution in [3.63, 3.8) is 0 Å². The van der Waals surface area contributed by atoms with E-state index in [2.05, 4.69) is 36.4 Å². The summed E-state index contributed by atoms with van der Waals surface area (Å²) in [4.78, 5) is 0. The van der Waals surface area contributed by atoms with Crippen LogP contribution >= 0.6 is 0 Å². The van der Waals surface area contributed by atoms with E-state index in [9.17, 15) is 4.39 Å². The van der Waals surface area contributed by atoms with Crippen LogP contribution in [0.4, 0.5) is 4.39 Å². The first-order chi connectivity index (χ1) is 8.34. The third-order valence-electron chi connectivity index (χ3n) is 3.88. The van der Waals surface area contributed by atoms with Gasteiger partial charge in [-0.25, -0.2) is 4.39 Å². The summed E-state index contributed by atoms with van der Waals surface area (Å²) < 4.78 is 13.4. The topological polar surface area (TPSA) is 0 Å². The molecule has 1 heteroatoms. The summed E-state index contributed by atoms with van der Waals surface area (Å²) >= 11 is 0. The average Bonchev–Trinajstić information content (AvgIpc) is 2.39. The van der Waals surface area contributed by atoms with Crippen molar-refractivity contribution < 1.29 is 4.39 Å². The Labute approximate surface area is 99.4 Å². The summed E-state index contributed by atoms with van der Waals surface area (Å²) in [6.07, 6.45) is 4.45. The standard InChI is InChI=1S/C16H11F/c17-10-5-6-14-13-7-8-15(16(14)9-10)12-4-2-1-3-11(12)13/h1-9,13,15H. The second-order valence-electron chi connectivity index (χ2n) is 4.74. The van der Waals surface area contributed by atoms with Gasteiger partial charge in [-0.2, -0.15) is 0 Å². The van der Waals surface area contributed by atoms with E-state index in [0.29, 0.717) is 5.92 Å². The van der Waals surface area contributed by atoms with E-state index in [-0.39, 0.29) is 11.7 Å². The third-order valence-corrected chi connectivity index (χ3v) is 3.88. The highest BCUT2D eigenvalue weighted by Gasteiger charge is 2.33. The average molecular weight is 222 g/mol. The highest BCUT2D eigenvalue weighted by Crippen LogP contribution is 2.48. The lowest BCUT2D eigenvalue weighted by atomic mass is 9.68. The molecule has 0 heterocycles. The minimum atomic E-state index is -0.137. The molecule has 82 valence electrons. The number of rotatable bonds is 0. The monoisotopic (exact) mass is 222 g/mol. The van der Waals surface area contributed by atoms with E-state index in [0.717, 1.165) is 5.56 Å². The fourth-order valence-electron chi connectivity index (χ4n) is 3.15. The quantitative estimate of drug-likeness (QED) is 0.591. The molecular weight excluding hydrogens is 211 g/mol. The fraction of sp³-hybridized carbons (Fsp3) is 0.125. The maximum Gasteiger partial charge on any atom is 0.123 e. The fourth-order valence-corrected chi connectivity index (χ4v) is 3.15. The van der Waals surface area contributed by atoms with Crippen LogP contribution in [-0.2, 0) is 0 Å². The Kier molecular flexibility index (Phi) is 1.66. The van der Waals surface area contributed by atoms with Gasteiger partial charge in [0.25, 0.3) is 0 Å². The second kappa shape index (κ2) is 3.07. The van der Waals surface area contributed by atoms with E-state index in [1.165, 1.54) is 16.7 Å². The molecule has 3 aliphatic carbocycles. The van der Waals surface area contributed by atoms with Gasteiger partial charge in [0.05, 0.1) is 0 Å². The Balaban J connectivity index is 2.04. The van der Waals surface area contributed by atoms with Crippen molar-refractivity contribution in [1.82, 2.24) is 0 Å². The molecule has 0 fully saturated rings. The summed E-state index contributed by atoms with van der Waals surface area (Å²) in [7, 11) is 0. The third kappa shape index (κ3) is 1.11. The first kappa shape index (κ1) is 9.17. The zero-order valence-electron chi connectivity index (χ0n) is 9.23. The molecule has 0 aliphatic heterocycles. The minimum Gasteiger partial charge on any atom is -0.207 e. The van der Waals surface area contributed by atoms with Gasteiger partial charge in [0.2, 0.25) is 0 Å². The molecule has 2 aromatic carbocycles. The molecule has 5 rings (SSSR count). The molecule has 0 aromatic heterocycles. The minimum absolute atomic E-state index is 0.137. The van der Waals surface area contributed by atoms with Crippen molar-refractivity contribution in [2.24, 2.45) is 0 Å². The molecule has 2 bridgehead atoms. The van der Waals surface area contributed by atoms with E-state index in [1.54, 1.807) is 12.1 Å². The van der Waals surface area contributed by atoms with Gasteiger partial charge < -0.3 is 0 Å². The zero-order chi connectivity index (χ0) is 11.4. The predicted molar refractivity (Wildman–Crippen MR) is 65.7 cm³/mol. The molecular formula is C16H11F. The van der Waals surface area contributed by atoms with Crippen molar-refractivity contribution in [2.75, 3.05) is 0 Å². The summed E-state index contributed by atoms with van der Waals surface area (Å²) in [5.74, 6) is 0.413. The smallest absolute Gasteiger partial charge is 0.123 e. The SMILES string of the molecule is Fc1ccc2c(c1)C1C=CC2c2ccccc21. The molecule has 0 N–H and O–H groups in total. The van der Waals surface area contributed by atoms with Gasteiger partial charge in [-0.3, -0.25) is 0 Å². The summed E-state index contributed by atoms with van der Waals surface area (Å²) in [6, 6.07) is 13.7. The lowest BCUT2D eigenvalue weighted by molar-refractivity contribution is 0.621. The molecule has 0 spiro atoms. The van der Waals surface area contributed by atoms with Crippen LogP contribution in [0.3, 0.4) is 0 Å². The van der Waals surface area contributed by atoms with Crippen molar-refractivity contribution in [3.8, 4) is 0 Å². The van der Waals surface area contributed by atoms with Crippen LogP contribution in [0, 0.1) is 5.82 Å². The van der Waals surface area contributed by atoms with E-state index in [4.69, 9.17) is 0 Å². The van der Waals surface area contributed by atoms with Crippen LogP contribution in [0.1, 0.15) is 34.1 Å². The molecule has 0 radical (unpaired) electrons. The number of halogens is 1. The van der Waals surface area contributed by atoms with E-state index >= 15 is 0 Å². The van der Waals surface area contributed by atoms with Gasteiger partial charge in [-0.15, -0.1) is 0 Å². The molecule has 0 amide bonds. The first-order valence-electron chi connectivity index (χ1n) is 5.91. The van der Waals surface area contributed by atoms with Crippen LogP contribution in [0.15, 0.2) is 54.6 Å². The van der Waals surface area contributed by atoms with Crippen LogP contribution in [0.2, 0.25) is 0 Å². The summed E-state index contributed by atoms with van der Waals surface area (Å²) in [5, 5.41) is 0. The van der Waals surface area contributed by atoms with Crippen molar-refractivity contribution >= 4 is 0 Å². The lowest BCUT2D eigenvalue weighted by Gasteiger charge is -2.35. The molecule has 3 aliphatic rings. The molecule has 0 saturated heterocycles. The van der Waals surface area contributed by atoms with Crippen LogP contribution in [0.5, 0.6) is 0 Å². The van der Waals surface area contributed by atoms with E-state index < -0.39 is 0 Å². The Morgan fingerprint density at radius 2 is 1.29 bits per heavy atom. The lowest BCUT2D eigenvalue weighted by Crippen LogP contribution is -2.20. The van der Waals surface area contributed by atoms with Crippen molar-refractivity contribution in [1.29, 1.82) is 0 Å². The van der Waals surface area contributed by atoms with Crippen molar-refractivity contribution in [2.45, 2.75) is 11.8 Å². The van der Waals surface area contributed by atoms with Crippen molar-refractivity contribution in [3.05, 3.63) is 82.7 Å². The van der Waals surface area contributed by atoms with Gasteiger partial charge in [-0.1, -0.05) is 42.5 Å². The second-order valence-corrected chi connectivity index (χ2v) is 4.74. The van der Waals surface area contributed by atoms with Gasteiger partial charge >= 0.3 is 0 Å². The normalized spacial score (nSPS) is 23.4. The molecule has 0 nitrogen and oxygen atoms in total. The van der Waals surface area contributed by atoms with Gasteiger partial charge in [0, 0.05) is 11.8 Å². The number of hydrogen-bond acceptors (Lipinski definition) is 0. The highest BCUT2D eigenvalue weighted by molar-refractivity contribution is 5.60. The molecule has 2 aromatic rings. The van der Waals surface area contributed by atoms with Crippen LogP contribution in [-0.4, -0.2) is 0 Å². The molecule has 2 atom stereocenters. The zero-order valence-corrected chi connectivity index (χ0v) is 9.23. The van der Waals surface area contributed by atoms with Crippen LogP contribution < -0.4 is 0 Å². The number of benzene rings is 2. The molecule has 2 unspecified atom stereocenters. The maximum atomic E-state index is 13.4.